The fourth-order valence-corrected chi connectivity index (χ4v) is 4.62. The summed E-state index contributed by atoms with van der Waals surface area (Å²) >= 11 is 0. The molecule has 0 bridgehead atoms. The zero-order valence-electron chi connectivity index (χ0n) is 16.2. The van der Waals surface area contributed by atoms with Gasteiger partial charge < -0.3 is 10.1 Å². The van der Waals surface area contributed by atoms with Gasteiger partial charge in [-0.1, -0.05) is 18.2 Å². The average Bonchev–Trinajstić information content (AvgIpc) is 3.16. The van der Waals surface area contributed by atoms with Crippen molar-refractivity contribution >= 4 is 27.3 Å². The minimum absolute atomic E-state index is 0.273. The van der Waals surface area contributed by atoms with Crippen molar-refractivity contribution in [2.24, 2.45) is 0 Å². The monoisotopic (exact) mass is 402 g/mol. The number of hydrogen-bond acceptors (Lipinski definition) is 4. The van der Waals surface area contributed by atoms with Crippen molar-refractivity contribution < 1.29 is 17.9 Å². The molecule has 0 aromatic heterocycles. The molecular formula is C21H26N2O4S. The Morgan fingerprint density at radius 3 is 2.25 bits per heavy atom. The highest BCUT2D eigenvalue weighted by molar-refractivity contribution is 7.92. The molecule has 3 rings (SSSR count). The Morgan fingerprint density at radius 1 is 1.07 bits per heavy atom. The number of carbonyl (C=O) groups excluding carboxylic acids is 1. The van der Waals surface area contributed by atoms with Gasteiger partial charge in [-0.25, -0.2) is 8.42 Å². The maximum Gasteiger partial charge on any atom is 0.247 e. The quantitative estimate of drug-likeness (QED) is 0.764. The second-order valence-corrected chi connectivity index (χ2v) is 8.97. The molecule has 1 saturated carbocycles. The van der Waals surface area contributed by atoms with E-state index in [1.54, 1.807) is 49.4 Å². The van der Waals surface area contributed by atoms with E-state index in [-0.39, 0.29) is 6.10 Å². The van der Waals surface area contributed by atoms with Crippen molar-refractivity contribution in [2.45, 2.75) is 44.8 Å². The van der Waals surface area contributed by atoms with Crippen molar-refractivity contribution in [3.63, 3.8) is 0 Å². The van der Waals surface area contributed by atoms with E-state index in [9.17, 15) is 13.2 Å². The van der Waals surface area contributed by atoms with Crippen LogP contribution >= 0.6 is 0 Å². The Balaban J connectivity index is 1.68. The second-order valence-electron chi connectivity index (χ2n) is 7.11. The summed E-state index contributed by atoms with van der Waals surface area (Å²) in [4.78, 5) is 12.7. The Hall–Kier alpha value is -2.54. The molecular weight excluding hydrogens is 376 g/mol. The molecule has 1 N–H and O–H groups in total. The number of para-hydroxylation sites is 1. The normalized spacial score (nSPS) is 15.8. The van der Waals surface area contributed by atoms with Crippen LogP contribution in [0.25, 0.3) is 0 Å². The van der Waals surface area contributed by atoms with Crippen LogP contribution in [0.15, 0.2) is 54.6 Å². The zero-order valence-corrected chi connectivity index (χ0v) is 17.0. The molecule has 0 heterocycles. The average molecular weight is 403 g/mol. The number of amides is 1. The molecule has 1 fully saturated rings. The lowest BCUT2D eigenvalue weighted by molar-refractivity contribution is -0.116. The summed E-state index contributed by atoms with van der Waals surface area (Å²) in [7, 11) is -3.62. The molecule has 7 heteroatoms. The van der Waals surface area contributed by atoms with Crippen LogP contribution in [-0.4, -0.2) is 32.7 Å². The lowest BCUT2D eigenvalue weighted by Gasteiger charge is -2.28. The first kappa shape index (κ1) is 20.2. The van der Waals surface area contributed by atoms with E-state index < -0.39 is 22.0 Å². The van der Waals surface area contributed by atoms with Gasteiger partial charge in [-0.3, -0.25) is 9.10 Å². The van der Waals surface area contributed by atoms with E-state index >= 15 is 0 Å². The summed E-state index contributed by atoms with van der Waals surface area (Å²) in [6.45, 7) is 1.57. The highest BCUT2D eigenvalue weighted by Crippen LogP contribution is 2.25. The minimum Gasteiger partial charge on any atom is -0.490 e. The summed E-state index contributed by atoms with van der Waals surface area (Å²) in [5, 5.41) is 2.78. The number of sulfonamides is 1. The van der Waals surface area contributed by atoms with Crippen molar-refractivity contribution in [3.8, 4) is 5.75 Å². The third-order valence-electron chi connectivity index (χ3n) is 4.83. The van der Waals surface area contributed by atoms with E-state index in [2.05, 4.69) is 5.32 Å². The summed E-state index contributed by atoms with van der Waals surface area (Å²) < 4.78 is 31.6. The smallest absolute Gasteiger partial charge is 0.247 e. The number of anilines is 2. The van der Waals surface area contributed by atoms with Gasteiger partial charge in [-0.15, -0.1) is 0 Å². The number of ether oxygens (including phenoxy) is 1. The van der Waals surface area contributed by atoms with Crippen LogP contribution in [0, 0.1) is 0 Å². The summed E-state index contributed by atoms with van der Waals surface area (Å²) in [6.07, 6.45) is 5.94. The summed E-state index contributed by atoms with van der Waals surface area (Å²) in [6, 6.07) is 14.9. The Kier molecular flexibility index (Phi) is 6.24. The first-order chi connectivity index (χ1) is 13.3. The lowest BCUT2D eigenvalue weighted by Crippen LogP contribution is -2.45. The molecule has 1 aliphatic carbocycles. The predicted octanol–water partition coefficient (Wildman–Crippen LogP) is 3.80. The second kappa shape index (κ2) is 8.65. The van der Waals surface area contributed by atoms with Crippen LogP contribution in [0.1, 0.15) is 32.6 Å². The number of benzene rings is 2. The van der Waals surface area contributed by atoms with Gasteiger partial charge in [0.1, 0.15) is 11.8 Å². The molecule has 0 spiro atoms. The van der Waals surface area contributed by atoms with Crippen LogP contribution in [0.5, 0.6) is 5.75 Å². The maximum atomic E-state index is 12.7. The lowest BCUT2D eigenvalue weighted by atomic mass is 10.2. The molecule has 1 amide bonds. The van der Waals surface area contributed by atoms with Crippen LogP contribution in [0.3, 0.4) is 0 Å². The molecule has 150 valence electrons. The van der Waals surface area contributed by atoms with Gasteiger partial charge in [0.25, 0.3) is 0 Å². The summed E-state index contributed by atoms with van der Waals surface area (Å²) in [5.41, 5.74) is 1.05. The van der Waals surface area contributed by atoms with E-state index in [1.807, 2.05) is 12.1 Å². The fourth-order valence-electron chi connectivity index (χ4n) is 3.45. The zero-order chi connectivity index (χ0) is 20.1. The van der Waals surface area contributed by atoms with Crippen LogP contribution in [0.2, 0.25) is 0 Å². The van der Waals surface area contributed by atoms with E-state index in [0.29, 0.717) is 11.4 Å². The SMILES string of the molecule is C[C@@H](C(=O)Nc1ccc(OC2CCCC2)cc1)N(c1ccccc1)S(C)(=O)=O. The number of hydrogen-bond donors (Lipinski definition) is 1. The number of carbonyl (C=O) groups is 1. The molecule has 0 aliphatic heterocycles. The molecule has 28 heavy (non-hydrogen) atoms. The molecule has 0 radical (unpaired) electrons. The van der Waals surface area contributed by atoms with Crippen LogP contribution in [0.4, 0.5) is 11.4 Å². The number of nitrogens with zero attached hydrogens (tertiary/aromatic N) is 1. The van der Waals surface area contributed by atoms with Gasteiger partial charge in [0.2, 0.25) is 15.9 Å². The van der Waals surface area contributed by atoms with Crippen LogP contribution in [-0.2, 0) is 14.8 Å². The van der Waals surface area contributed by atoms with E-state index in [0.717, 1.165) is 29.2 Å². The van der Waals surface area contributed by atoms with Gasteiger partial charge >= 0.3 is 0 Å². The van der Waals surface area contributed by atoms with Crippen molar-refractivity contribution in [3.05, 3.63) is 54.6 Å². The predicted molar refractivity (Wildman–Crippen MR) is 111 cm³/mol. The fraction of sp³-hybridized carbons (Fsp3) is 0.381. The first-order valence-corrected chi connectivity index (χ1v) is 11.3. The van der Waals surface area contributed by atoms with Crippen molar-refractivity contribution in [1.82, 2.24) is 0 Å². The summed E-state index contributed by atoms with van der Waals surface area (Å²) in [5.74, 6) is 0.374. The van der Waals surface area contributed by atoms with Gasteiger partial charge in [0, 0.05) is 5.69 Å². The van der Waals surface area contributed by atoms with Crippen molar-refractivity contribution in [1.29, 1.82) is 0 Å². The van der Waals surface area contributed by atoms with Gasteiger partial charge in [0.15, 0.2) is 0 Å². The first-order valence-electron chi connectivity index (χ1n) is 9.46. The molecule has 1 aliphatic rings. The third kappa shape index (κ3) is 5.04. The highest BCUT2D eigenvalue weighted by atomic mass is 32.2. The Labute approximate surface area is 166 Å². The molecule has 0 unspecified atom stereocenters. The largest absolute Gasteiger partial charge is 0.490 e. The molecule has 2 aromatic rings. The van der Waals surface area contributed by atoms with Gasteiger partial charge in [-0.05, 0) is 69.0 Å². The Morgan fingerprint density at radius 2 is 1.68 bits per heavy atom. The van der Waals surface area contributed by atoms with Gasteiger partial charge in [-0.2, -0.15) is 0 Å². The molecule has 6 nitrogen and oxygen atoms in total. The standard InChI is InChI=1S/C21H26N2O4S/c1-16(23(28(2,25)26)18-8-4-3-5-9-18)21(24)22-17-12-14-20(15-13-17)27-19-10-6-7-11-19/h3-5,8-9,12-16,19H,6-7,10-11H2,1-2H3,(H,22,24)/t16-/m0/s1. The molecule has 1 atom stereocenters. The van der Waals surface area contributed by atoms with Crippen molar-refractivity contribution in [2.75, 3.05) is 15.9 Å². The van der Waals surface area contributed by atoms with E-state index in [4.69, 9.17) is 4.74 Å². The Bertz CT molecular complexity index is 892. The van der Waals surface area contributed by atoms with Gasteiger partial charge in [0.05, 0.1) is 18.0 Å². The maximum absolute atomic E-state index is 12.7. The molecule has 0 saturated heterocycles. The minimum atomic E-state index is -3.62. The molecule has 2 aromatic carbocycles. The highest BCUT2D eigenvalue weighted by Gasteiger charge is 2.29. The topological polar surface area (TPSA) is 75.7 Å². The third-order valence-corrected chi connectivity index (χ3v) is 6.07. The van der Waals surface area contributed by atoms with Crippen LogP contribution < -0.4 is 14.4 Å². The van der Waals surface area contributed by atoms with E-state index in [1.165, 1.54) is 12.8 Å². The number of nitrogens with one attached hydrogen (secondary N) is 1. The number of rotatable bonds is 7.